The summed E-state index contributed by atoms with van der Waals surface area (Å²) in [6.07, 6.45) is 0.672. The van der Waals surface area contributed by atoms with Crippen molar-refractivity contribution in [2.75, 3.05) is 6.79 Å². The molecule has 0 amide bonds. The Kier molecular flexibility index (Phi) is 2.01. The van der Waals surface area contributed by atoms with Crippen LogP contribution in [-0.2, 0) is 4.79 Å². The van der Waals surface area contributed by atoms with Crippen molar-refractivity contribution >= 4 is 17.6 Å². The van der Waals surface area contributed by atoms with Crippen molar-refractivity contribution < 1.29 is 19.4 Å². The molecule has 5 heteroatoms. The summed E-state index contributed by atoms with van der Waals surface area (Å²) in [4.78, 5) is 10.8. The Balaban J connectivity index is 1.93. The maximum Gasteiger partial charge on any atom is 0.307 e. The van der Waals surface area contributed by atoms with Crippen LogP contribution in [0.5, 0.6) is 11.5 Å². The molecule has 2 unspecified atom stereocenters. The molecule has 1 aliphatic heterocycles. The van der Waals surface area contributed by atoms with E-state index >= 15 is 0 Å². The molecule has 0 spiro atoms. The maximum absolute atomic E-state index is 10.8. The summed E-state index contributed by atoms with van der Waals surface area (Å²) in [6, 6.07) is 3.59. The molecular formula is C11H9ClO4. The lowest BCUT2D eigenvalue weighted by Gasteiger charge is -2.03. The number of rotatable bonds is 2. The van der Waals surface area contributed by atoms with Crippen LogP contribution in [0.15, 0.2) is 12.1 Å². The molecule has 0 radical (unpaired) electrons. The van der Waals surface area contributed by atoms with Crippen molar-refractivity contribution in [3.8, 4) is 11.5 Å². The molecule has 0 bridgehead atoms. The molecule has 1 aromatic carbocycles. The van der Waals surface area contributed by atoms with Crippen molar-refractivity contribution in [2.45, 2.75) is 12.3 Å². The molecule has 1 aromatic rings. The van der Waals surface area contributed by atoms with Crippen LogP contribution in [0.1, 0.15) is 17.9 Å². The molecule has 2 aliphatic rings. The number of carbonyl (C=O) groups is 1. The fourth-order valence-electron chi connectivity index (χ4n) is 2.04. The normalized spacial score (nSPS) is 25.6. The van der Waals surface area contributed by atoms with E-state index < -0.39 is 5.97 Å². The second kappa shape index (κ2) is 3.28. The molecule has 1 N–H and O–H groups in total. The Morgan fingerprint density at radius 2 is 2.25 bits per heavy atom. The highest BCUT2D eigenvalue weighted by Crippen LogP contribution is 2.51. The summed E-state index contributed by atoms with van der Waals surface area (Å²) >= 11 is 6.02. The average Bonchev–Trinajstić information content (AvgIpc) is 2.90. The fourth-order valence-corrected chi connectivity index (χ4v) is 2.31. The highest BCUT2D eigenvalue weighted by atomic mass is 35.5. The lowest BCUT2D eigenvalue weighted by Crippen LogP contribution is -1.98. The third-order valence-corrected chi connectivity index (χ3v) is 3.27. The standard InChI is InChI=1S/C11H9ClO4/c12-8-1-5(6-3-7(6)11(13)14)2-9-10(8)16-4-15-9/h1-2,6-7H,3-4H2,(H,13,14). The topological polar surface area (TPSA) is 55.8 Å². The van der Waals surface area contributed by atoms with Crippen LogP contribution >= 0.6 is 11.6 Å². The quantitative estimate of drug-likeness (QED) is 0.862. The molecule has 84 valence electrons. The first-order valence-electron chi connectivity index (χ1n) is 4.98. The van der Waals surface area contributed by atoms with Gasteiger partial charge in [0.25, 0.3) is 0 Å². The molecule has 1 aliphatic carbocycles. The number of fused-ring (bicyclic) bond motifs is 1. The predicted octanol–water partition coefficient (Wildman–Crippen LogP) is 2.26. The zero-order valence-corrected chi connectivity index (χ0v) is 9.03. The first-order chi connectivity index (χ1) is 7.66. The number of halogens is 1. The highest BCUT2D eigenvalue weighted by Gasteiger charge is 2.44. The van der Waals surface area contributed by atoms with Gasteiger partial charge in [0.05, 0.1) is 10.9 Å². The first kappa shape index (κ1) is 9.78. The molecule has 0 saturated heterocycles. The van der Waals surface area contributed by atoms with Crippen LogP contribution in [0.2, 0.25) is 5.02 Å². The molecule has 2 atom stereocenters. The molecule has 1 saturated carbocycles. The number of ether oxygens (including phenoxy) is 2. The SMILES string of the molecule is O=C(O)C1CC1c1cc(Cl)c2c(c1)OCO2. The van der Waals surface area contributed by atoms with Gasteiger partial charge < -0.3 is 14.6 Å². The Morgan fingerprint density at radius 1 is 1.44 bits per heavy atom. The number of carboxylic acid groups (broad SMARTS) is 1. The average molecular weight is 241 g/mol. The van der Waals surface area contributed by atoms with Crippen molar-refractivity contribution in [2.24, 2.45) is 5.92 Å². The van der Waals surface area contributed by atoms with Crippen LogP contribution < -0.4 is 9.47 Å². The Hall–Kier alpha value is -1.42. The minimum atomic E-state index is -0.751. The lowest BCUT2D eigenvalue weighted by atomic mass is 10.1. The summed E-state index contributed by atoms with van der Waals surface area (Å²) in [7, 11) is 0. The molecule has 1 heterocycles. The molecule has 16 heavy (non-hydrogen) atoms. The van der Waals surface area contributed by atoms with Crippen LogP contribution in [-0.4, -0.2) is 17.9 Å². The third kappa shape index (κ3) is 1.41. The van der Waals surface area contributed by atoms with E-state index in [1.807, 2.05) is 6.07 Å². The largest absolute Gasteiger partial charge is 0.481 e. The summed E-state index contributed by atoms with van der Waals surface area (Å²) < 4.78 is 10.4. The van der Waals surface area contributed by atoms with Gasteiger partial charge in [0.1, 0.15) is 0 Å². The van der Waals surface area contributed by atoms with Crippen molar-refractivity contribution in [3.63, 3.8) is 0 Å². The van der Waals surface area contributed by atoms with Crippen molar-refractivity contribution in [1.82, 2.24) is 0 Å². The molecule has 0 aromatic heterocycles. The molecule has 1 fully saturated rings. The summed E-state index contributed by atoms with van der Waals surface area (Å²) in [5, 5.41) is 9.35. The number of aliphatic carboxylic acids is 1. The maximum atomic E-state index is 10.8. The van der Waals surface area contributed by atoms with E-state index in [2.05, 4.69) is 0 Å². The van der Waals surface area contributed by atoms with Gasteiger partial charge in [-0.1, -0.05) is 11.6 Å². The summed E-state index contributed by atoms with van der Waals surface area (Å²) in [5.74, 6) is 0.191. The summed E-state index contributed by atoms with van der Waals surface area (Å²) in [5.41, 5.74) is 0.918. The minimum absolute atomic E-state index is 0.0597. The minimum Gasteiger partial charge on any atom is -0.481 e. The van der Waals surface area contributed by atoms with Gasteiger partial charge in [0.2, 0.25) is 6.79 Å². The first-order valence-corrected chi connectivity index (χ1v) is 5.36. The van der Waals surface area contributed by atoms with Crippen LogP contribution in [0.25, 0.3) is 0 Å². The molecular weight excluding hydrogens is 232 g/mol. The van der Waals surface area contributed by atoms with Gasteiger partial charge >= 0.3 is 5.97 Å². The van der Waals surface area contributed by atoms with Crippen LogP contribution in [0, 0.1) is 5.92 Å². The number of hydrogen-bond donors (Lipinski definition) is 1. The summed E-state index contributed by atoms with van der Waals surface area (Å²) in [6.45, 7) is 0.172. The van der Waals surface area contributed by atoms with Gasteiger partial charge in [-0.15, -0.1) is 0 Å². The van der Waals surface area contributed by atoms with E-state index in [9.17, 15) is 4.79 Å². The number of benzene rings is 1. The van der Waals surface area contributed by atoms with Crippen LogP contribution in [0.3, 0.4) is 0 Å². The third-order valence-electron chi connectivity index (χ3n) is 2.99. The van der Waals surface area contributed by atoms with Crippen molar-refractivity contribution in [1.29, 1.82) is 0 Å². The van der Waals surface area contributed by atoms with E-state index in [1.54, 1.807) is 6.07 Å². The second-order valence-corrected chi connectivity index (χ2v) is 4.43. The fraction of sp³-hybridized carbons (Fsp3) is 0.364. The monoisotopic (exact) mass is 240 g/mol. The Morgan fingerprint density at radius 3 is 2.94 bits per heavy atom. The van der Waals surface area contributed by atoms with E-state index in [0.717, 1.165) is 5.56 Å². The van der Waals surface area contributed by atoms with Gasteiger partial charge in [-0.3, -0.25) is 4.79 Å². The van der Waals surface area contributed by atoms with Gasteiger partial charge in [-0.25, -0.2) is 0 Å². The van der Waals surface area contributed by atoms with E-state index in [1.165, 1.54) is 0 Å². The smallest absolute Gasteiger partial charge is 0.307 e. The molecule has 4 nitrogen and oxygen atoms in total. The van der Waals surface area contributed by atoms with Gasteiger partial charge in [0, 0.05) is 0 Å². The van der Waals surface area contributed by atoms with Crippen molar-refractivity contribution in [3.05, 3.63) is 22.7 Å². The predicted molar refractivity (Wildman–Crippen MR) is 56.1 cm³/mol. The Labute approximate surface area is 96.7 Å². The van der Waals surface area contributed by atoms with E-state index in [0.29, 0.717) is 22.9 Å². The highest BCUT2D eigenvalue weighted by molar-refractivity contribution is 6.32. The van der Waals surface area contributed by atoms with E-state index in [4.69, 9.17) is 26.2 Å². The second-order valence-electron chi connectivity index (χ2n) is 4.02. The van der Waals surface area contributed by atoms with Gasteiger partial charge in [-0.05, 0) is 30.0 Å². The van der Waals surface area contributed by atoms with Crippen LogP contribution in [0.4, 0.5) is 0 Å². The van der Waals surface area contributed by atoms with Gasteiger partial charge in [-0.2, -0.15) is 0 Å². The van der Waals surface area contributed by atoms with Gasteiger partial charge in [0.15, 0.2) is 11.5 Å². The zero-order chi connectivity index (χ0) is 11.3. The number of carboxylic acids is 1. The lowest BCUT2D eigenvalue weighted by molar-refractivity contribution is -0.138. The zero-order valence-electron chi connectivity index (χ0n) is 8.27. The molecule has 3 rings (SSSR count). The Bertz CT molecular complexity index is 471. The van der Waals surface area contributed by atoms with E-state index in [-0.39, 0.29) is 18.6 Å². The number of hydrogen-bond acceptors (Lipinski definition) is 3.